The maximum absolute atomic E-state index is 11.1. The molecular weight excluding hydrogens is 184 g/mol. The number of methoxy groups -OCH3 is 2. The van der Waals surface area contributed by atoms with E-state index in [1.807, 2.05) is 0 Å². The van der Waals surface area contributed by atoms with Crippen LogP contribution in [0.1, 0.15) is 11.7 Å². The molecule has 76 valence electrons. The van der Waals surface area contributed by atoms with Gasteiger partial charge in [0.25, 0.3) is 0 Å². The molecule has 1 rings (SSSR count). The fraction of sp³-hybridized carbons (Fsp3) is 0.300. The number of aliphatic hydroxyl groups is 1. The number of carbonyl (C=O) groups is 1. The van der Waals surface area contributed by atoms with Crippen LogP contribution in [0.25, 0.3) is 0 Å². The van der Waals surface area contributed by atoms with Crippen LogP contribution in [-0.2, 0) is 9.53 Å². The van der Waals surface area contributed by atoms with E-state index >= 15 is 0 Å². The quantitative estimate of drug-likeness (QED) is 0.730. The van der Waals surface area contributed by atoms with Gasteiger partial charge in [-0.3, -0.25) is 0 Å². The summed E-state index contributed by atoms with van der Waals surface area (Å²) in [6.45, 7) is 0. The highest BCUT2D eigenvalue weighted by Gasteiger charge is 2.20. The molecule has 0 saturated carbocycles. The zero-order valence-electron chi connectivity index (χ0n) is 8.06. The lowest BCUT2D eigenvalue weighted by molar-refractivity contribution is -0.150. The van der Waals surface area contributed by atoms with E-state index in [-0.39, 0.29) is 0 Å². The largest absolute Gasteiger partial charge is 0.496 e. The van der Waals surface area contributed by atoms with Crippen molar-refractivity contribution in [3.8, 4) is 5.75 Å². The van der Waals surface area contributed by atoms with Gasteiger partial charge < -0.3 is 14.6 Å². The summed E-state index contributed by atoms with van der Waals surface area (Å²) in [6.07, 6.45) is -1.30. The average molecular weight is 196 g/mol. The van der Waals surface area contributed by atoms with Crippen LogP contribution in [-0.4, -0.2) is 25.3 Å². The molecule has 0 aliphatic carbocycles. The monoisotopic (exact) mass is 196 g/mol. The van der Waals surface area contributed by atoms with Crippen molar-refractivity contribution in [1.29, 1.82) is 0 Å². The van der Waals surface area contributed by atoms with Crippen LogP contribution in [0.2, 0.25) is 0 Å². The molecule has 0 bridgehead atoms. The van der Waals surface area contributed by atoms with Crippen LogP contribution in [0.15, 0.2) is 24.3 Å². The predicted molar refractivity (Wildman–Crippen MR) is 50.0 cm³/mol. The molecule has 14 heavy (non-hydrogen) atoms. The Kier molecular flexibility index (Phi) is 3.48. The summed E-state index contributed by atoms with van der Waals surface area (Å²) in [5.41, 5.74) is 0.404. The molecule has 0 saturated heterocycles. The fourth-order valence-electron chi connectivity index (χ4n) is 1.13. The third-order valence-corrected chi connectivity index (χ3v) is 1.86. The van der Waals surface area contributed by atoms with Gasteiger partial charge >= 0.3 is 5.97 Å². The second-order valence-corrected chi connectivity index (χ2v) is 2.67. The number of ether oxygens (including phenoxy) is 2. The zero-order chi connectivity index (χ0) is 10.6. The summed E-state index contributed by atoms with van der Waals surface area (Å²) in [4.78, 5) is 11.1. The molecule has 0 amide bonds. The highest BCUT2D eigenvalue weighted by molar-refractivity contribution is 5.77. The lowest BCUT2D eigenvalue weighted by atomic mass is 10.1. The molecule has 1 N–H and O–H groups in total. The number of esters is 1. The minimum atomic E-state index is -1.30. The first-order chi connectivity index (χ1) is 6.70. The number of rotatable bonds is 3. The molecule has 1 aromatic carbocycles. The van der Waals surface area contributed by atoms with Crippen molar-refractivity contribution in [2.75, 3.05) is 14.2 Å². The van der Waals surface area contributed by atoms with E-state index in [0.717, 1.165) is 0 Å². The zero-order valence-corrected chi connectivity index (χ0v) is 8.06. The van der Waals surface area contributed by atoms with Gasteiger partial charge in [-0.15, -0.1) is 0 Å². The Bertz CT molecular complexity index is 322. The lowest BCUT2D eigenvalue weighted by Crippen LogP contribution is -2.14. The highest BCUT2D eigenvalue weighted by Crippen LogP contribution is 2.25. The normalized spacial score (nSPS) is 11.9. The first kappa shape index (κ1) is 10.5. The molecule has 0 aromatic heterocycles. The number of aliphatic hydroxyl groups excluding tert-OH is 1. The van der Waals surface area contributed by atoms with Gasteiger partial charge in [0.2, 0.25) is 0 Å². The number of carbonyl (C=O) groups excluding carboxylic acids is 1. The second kappa shape index (κ2) is 4.62. The van der Waals surface area contributed by atoms with Gasteiger partial charge in [-0.05, 0) is 6.07 Å². The number of benzene rings is 1. The minimum Gasteiger partial charge on any atom is -0.496 e. The molecule has 4 nitrogen and oxygen atoms in total. The van der Waals surface area contributed by atoms with Gasteiger partial charge in [0.1, 0.15) is 5.75 Å². The molecule has 0 fully saturated rings. The summed E-state index contributed by atoms with van der Waals surface area (Å²) in [7, 11) is 2.70. The van der Waals surface area contributed by atoms with E-state index in [4.69, 9.17) is 4.74 Å². The van der Waals surface area contributed by atoms with Gasteiger partial charge in [-0.2, -0.15) is 0 Å². The van der Waals surface area contributed by atoms with Crippen LogP contribution < -0.4 is 4.74 Å². The summed E-state index contributed by atoms with van der Waals surface area (Å²) in [6, 6.07) is 6.75. The minimum absolute atomic E-state index is 0.404. The molecule has 0 aliphatic heterocycles. The topological polar surface area (TPSA) is 55.8 Å². The second-order valence-electron chi connectivity index (χ2n) is 2.67. The van der Waals surface area contributed by atoms with E-state index in [2.05, 4.69) is 4.74 Å². The van der Waals surface area contributed by atoms with E-state index in [9.17, 15) is 9.90 Å². The van der Waals surface area contributed by atoms with Gasteiger partial charge in [-0.1, -0.05) is 18.2 Å². The Morgan fingerprint density at radius 3 is 2.57 bits per heavy atom. The maximum Gasteiger partial charge on any atom is 0.339 e. The number of hydrogen-bond donors (Lipinski definition) is 1. The van der Waals surface area contributed by atoms with E-state index in [0.29, 0.717) is 11.3 Å². The number of hydrogen-bond acceptors (Lipinski definition) is 4. The van der Waals surface area contributed by atoms with Crippen molar-refractivity contribution in [2.45, 2.75) is 6.10 Å². The van der Waals surface area contributed by atoms with Gasteiger partial charge in [0, 0.05) is 5.56 Å². The van der Waals surface area contributed by atoms with Gasteiger partial charge in [-0.25, -0.2) is 4.79 Å². The van der Waals surface area contributed by atoms with Crippen molar-refractivity contribution in [2.24, 2.45) is 0 Å². The summed E-state index contributed by atoms with van der Waals surface area (Å²) in [5.74, 6) is -0.236. The van der Waals surface area contributed by atoms with Gasteiger partial charge in [0.05, 0.1) is 14.2 Å². The predicted octanol–water partition coefficient (Wildman–Crippen LogP) is 0.902. The van der Waals surface area contributed by atoms with Crippen molar-refractivity contribution in [3.63, 3.8) is 0 Å². The number of para-hydroxylation sites is 1. The van der Waals surface area contributed by atoms with Crippen molar-refractivity contribution >= 4 is 5.97 Å². The lowest BCUT2D eigenvalue weighted by Gasteiger charge is -2.12. The molecule has 0 aliphatic rings. The average Bonchev–Trinajstić information content (AvgIpc) is 2.26. The standard InChI is InChI=1S/C10H12O4/c1-13-8-6-4-3-5-7(8)9(11)10(12)14-2/h3-6,9,11H,1-2H3. The molecular formula is C10H12O4. The SMILES string of the molecule is COC(=O)C(O)c1ccccc1OC. The Hall–Kier alpha value is -1.55. The first-order valence-corrected chi connectivity index (χ1v) is 4.09. The van der Waals surface area contributed by atoms with Crippen LogP contribution >= 0.6 is 0 Å². The van der Waals surface area contributed by atoms with Crippen LogP contribution in [0.3, 0.4) is 0 Å². The Morgan fingerprint density at radius 2 is 2.00 bits per heavy atom. The van der Waals surface area contributed by atoms with Crippen LogP contribution in [0, 0.1) is 0 Å². The Balaban J connectivity index is 2.99. The summed E-state index contributed by atoms with van der Waals surface area (Å²) >= 11 is 0. The van der Waals surface area contributed by atoms with Crippen LogP contribution in [0.5, 0.6) is 5.75 Å². The first-order valence-electron chi connectivity index (χ1n) is 4.09. The summed E-state index contributed by atoms with van der Waals surface area (Å²) in [5, 5.41) is 9.55. The molecule has 1 unspecified atom stereocenters. The van der Waals surface area contributed by atoms with Crippen molar-refractivity contribution in [1.82, 2.24) is 0 Å². The molecule has 4 heteroatoms. The van der Waals surface area contributed by atoms with Gasteiger partial charge in [0.15, 0.2) is 6.10 Å². The highest BCUT2D eigenvalue weighted by atomic mass is 16.5. The Labute approximate surface area is 82.1 Å². The van der Waals surface area contributed by atoms with E-state index in [1.165, 1.54) is 14.2 Å². The van der Waals surface area contributed by atoms with Crippen LogP contribution in [0.4, 0.5) is 0 Å². The molecule has 1 aromatic rings. The molecule has 0 heterocycles. The van der Waals surface area contributed by atoms with Crippen molar-refractivity contribution in [3.05, 3.63) is 29.8 Å². The molecule has 0 radical (unpaired) electrons. The fourth-order valence-corrected chi connectivity index (χ4v) is 1.13. The van der Waals surface area contributed by atoms with Crippen molar-refractivity contribution < 1.29 is 19.4 Å². The molecule has 0 spiro atoms. The molecule has 1 atom stereocenters. The van der Waals surface area contributed by atoms with E-state index in [1.54, 1.807) is 24.3 Å². The third kappa shape index (κ3) is 2.03. The summed E-state index contributed by atoms with van der Waals surface area (Å²) < 4.78 is 9.41. The smallest absolute Gasteiger partial charge is 0.339 e. The maximum atomic E-state index is 11.1. The third-order valence-electron chi connectivity index (χ3n) is 1.86. The van der Waals surface area contributed by atoms with E-state index < -0.39 is 12.1 Å². The Morgan fingerprint density at radius 1 is 1.36 bits per heavy atom.